The summed E-state index contributed by atoms with van der Waals surface area (Å²) >= 11 is 2.78. The number of H-pyrrole nitrogens is 1. The Hall–Kier alpha value is -3.16. The van der Waals surface area contributed by atoms with Crippen molar-refractivity contribution in [3.63, 3.8) is 0 Å². The third-order valence-corrected chi connectivity index (χ3v) is 12.6. The lowest BCUT2D eigenvalue weighted by molar-refractivity contribution is -0.156. The molecule has 13 heteroatoms. The third-order valence-electron chi connectivity index (χ3n) is 10.0. The second-order valence-electron chi connectivity index (χ2n) is 12.8. The van der Waals surface area contributed by atoms with Gasteiger partial charge in [0.05, 0.1) is 30.1 Å². The number of carboxylic acids is 1. The van der Waals surface area contributed by atoms with Crippen molar-refractivity contribution in [3.8, 4) is 5.75 Å². The van der Waals surface area contributed by atoms with Crippen molar-refractivity contribution in [1.29, 1.82) is 0 Å². The minimum atomic E-state index is -1.16. The van der Waals surface area contributed by atoms with Crippen LogP contribution in [0.4, 0.5) is 0 Å². The molecule has 3 amide bonds. The molecule has 11 nitrogen and oxygen atoms in total. The number of thiazole rings is 1. The molecule has 2 saturated carbocycles. The topological polar surface area (TPSA) is 146 Å². The summed E-state index contributed by atoms with van der Waals surface area (Å²) in [6, 6.07) is 6.42. The van der Waals surface area contributed by atoms with Gasteiger partial charge in [0.2, 0.25) is 11.8 Å². The van der Waals surface area contributed by atoms with Gasteiger partial charge in [-0.25, -0.2) is 4.79 Å². The predicted molar refractivity (Wildman–Crippen MR) is 161 cm³/mol. The van der Waals surface area contributed by atoms with Crippen molar-refractivity contribution < 1.29 is 33.8 Å². The lowest BCUT2D eigenvalue weighted by Crippen LogP contribution is -2.47. The number of aliphatic carboxylic acids is 1. The van der Waals surface area contributed by atoms with E-state index in [0.29, 0.717) is 32.1 Å². The zero-order valence-corrected chi connectivity index (χ0v) is 26.1. The molecule has 3 aliphatic heterocycles. The number of rotatable bonds is 8. The van der Waals surface area contributed by atoms with Gasteiger partial charge in [-0.05, 0) is 54.2 Å². The number of likely N-dealkylation sites (tertiary alicyclic amines) is 1. The van der Waals surface area contributed by atoms with Crippen LogP contribution in [-0.4, -0.2) is 87.8 Å². The van der Waals surface area contributed by atoms with E-state index in [0.717, 1.165) is 26.8 Å². The Labute approximate surface area is 262 Å². The Bertz CT molecular complexity index is 1550. The van der Waals surface area contributed by atoms with E-state index in [9.17, 15) is 29.1 Å². The van der Waals surface area contributed by atoms with Crippen molar-refractivity contribution in [1.82, 2.24) is 14.8 Å². The first-order valence-corrected chi connectivity index (χ1v) is 16.9. The molecule has 7 rings (SSSR count). The number of ether oxygens (including phenoxy) is 2. The van der Waals surface area contributed by atoms with Crippen LogP contribution in [0, 0.1) is 35.5 Å². The molecule has 7 unspecified atom stereocenters. The number of benzene rings is 1. The Kier molecular flexibility index (Phi) is 7.61. The van der Waals surface area contributed by atoms with Crippen molar-refractivity contribution in [2.45, 2.75) is 48.9 Å². The fourth-order valence-electron chi connectivity index (χ4n) is 8.30. The van der Waals surface area contributed by atoms with E-state index in [1.165, 1.54) is 11.3 Å². The maximum atomic E-state index is 13.9. The molecule has 0 spiro atoms. The van der Waals surface area contributed by atoms with Crippen LogP contribution < -0.4 is 9.61 Å². The van der Waals surface area contributed by atoms with Crippen molar-refractivity contribution in [3.05, 3.63) is 44.4 Å². The first-order chi connectivity index (χ1) is 21.1. The van der Waals surface area contributed by atoms with Crippen LogP contribution in [-0.2, 0) is 23.9 Å². The van der Waals surface area contributed by atoms with E-state index < -0.39 is 23.8 Å². The number of morpholine rings is 1. The van der Waals surface area contributed by atoms with Gasteiger partial charge in [-0.2, -0.15) is 0 Å². The van der Waals surface area contributed by atoms with Gasteiger partial charge in [0.25, 0.3) is 5.91 Å². The molecule has 2 saturated heterocycles. The number of carbonyl (C=O) groups is 4. The molecule has 1 aromatic heterocycles. The SMILES string of the molecule is CC(C)CC(C(=O)O)N1C(=O)C2C3CC(C2C1=O)C1C3Sc2[nH]c(=O)sc2[C@@H]1c1ccc(OCC(=O)N2CCOCC2)cc1. The first kappa shape index (κ1) is 29.5. The Balaban J connectivity index is 1.16. The fraction of sp³-hybridized carbons (Fsp3) is 0.581. The number of aromatic amines is 1. The third kappa shape index (κ3) is 4.78. The summed E-state index contributed by atoms with van der Waals surface area (Å²) in [4.78, 5) is 71.6. The minimum absolute atomic E-state index is 0.00458. The van der Waals surface area contributed by atoms with Crippen LogP contribution in [0.5, 0.6) is 5.75 Å². The number of nitrogens with zero attached hydrogens (tertiary/aromatic N) is 2. The molecular weight excluding hydrogens is 606 g/mol. The molecule has 1 aromatic carbocycles. The standard InChI is InChI=1S/C31H35N3O8S2/c1-14(2)11-19(30(38)39)34-28(36)23-17-12-18(24(23)29(34)37)25-22(17)21(26-27(43-25)32-31(40)44-26)15-3-5-16(6-4-15)42-13-20(35)33-7-9-41-10-8-33/h3-6,14,17-19,21-25H,7-13H2,1-2H3,(H,32,40)(H,38,39)/t17?,18?,19?,21-,22?,23?,24?,25?/m1/s1. The summed E-state index contributed by atoms with van der Waals surface area (Å²) in [5.74, 6) is -2.79. The second-order valence-corrected chi connectivity index (χ2v) is 15.0. The molecular formula is C31H35N3O8S2. The highest BCUT2D eigenvalue weighted by atomic mass is 32.2. The molecule has 2 N–H and O–H groups in total. The van der Waals surface area contributed by atoms with Crippen LogP contribution in [0.3, 0.4) is 0 Å². The predicted octanol–water partition coefficient (Wildman–Crippen LogP) is 2.65. The number of nitrogens with one attached hydrogen (secondary N) is 1. The molecule has 2 aromatic rings. The molecule has 4 heterocycles. The number of fused-ring (bicyclic) bond motifs is 9. The van der Waals surface area contributed by atoms with Crippen molar-refractivity contribution in [2.24, 2.45) is 35.5 Å². The summed E-state index contributed by atoms with van der Waals surface area (Å²) in [7, 11) is 0. The number of hydrogen-bond donors (Lipinski definition) is 2. The van der Waals surface area contributed by atoms with Gasteiger partial charge in [0, 0.05) is 29.1 Å². The number of carboxylic acid groups (broad SMARTS) is 1. The smallest absolute Gasteiger partial charge is 0.326 e. The molecule has 8 atom stereocenters. The molecule has 0 radical (unpaired) electrons. The number of carbonyl (C=O) groups excluding carboxylic acids is 3. The molecule has 4 fully saturated rings. The molecule has 2 aliphatic carbocycles. The number of aromatic nitrogens is 1. The van der Waals surface area contributed by atoms with Gasteiger partial charge in [0.15, 0.2) is 6.61 Å². The minimum Gasteiger partial charge on any atom is -0.484 e. The van der Waals surface area contributed by atoms with E-state index in [1.54, 1.807) is 16.7 Å². The van der Waals surface area contributed by atoms with E-state index in [-0.39, 0.29) is 70.5 Å². The number of amides is 3. The largest absolute Gasteiger partial charge is 0.484 e. The zero-order chi connectivity index (χ0) is 30.9. The monoisotopic (exact) mass is 641 g/mol. The van der Waals surface area contributed by atoms with Gasteiger partial charge in [-0.3, -0.25) is 24.1 Å². The van der Waals surface area contributed by atoms with E-state index in [2.05, 4.69) is 4.98 Å². The van der Waals surface area contributed by atoms with E-state index in [4.69, 9.17) is 9.47 Å². The van der Waals surface area contributed by atoms with E-state index in [1.807, 2.05) is 38.1 Å². The highest BCUT2D eigenvalue weighted by Gasteiger charge is 2.70. The summed E-state index contributed by atoms with van der Waals surface area (Å²) in [6.07, 6.45) is 0.947. The maximum absolute atomic E-state index is 13.9. The molecule has 5 aliphatic rings. The number of imide groups is 1. The lowest BCUT2D eigenvalue weighted by atomic mass is 9.68. The average molecular weight is 642 g/mol. The van der Waals surface area contributed by atoms with Crippen LogP contribution in [0.1, 0.15) is 43.0 Å². The van der Waals surface area contributed by atoms with E-state index >= 15 is 0 Å². The van der Waals surface area contributed by atoms with Gasteiger partial charge in [0.1, 0.15) is 11.8 Å². The Morgan fingerprint density at radius 2 is 1.75 bits per heavy atom. The van der Waals surface area contributed by atoms with Crippen molar-refractivity contribution >= 4 is 46.8 Å². The fourth-order valence-corrected chi connectivity index (χ4v) is 11.2. The second kappa shape index (κ2) is 11.3. The van der Waals surface area contributed by atoms with Gasteiger partial charge in [-0.15, -0.1) is 11.8 Å². The summed E-state index contributed by atoms with van der Waals surface area (Å²) in [6.45, 7) is 5.86. The van der Waals surface area contributed by atoms with Crippen LogP contribution >= 0.6 is 23.1 Å². The molecule has 2 bridgehead atoms. The number of hydrogen-bond acceptors (Lipinski definition) is 9. The first-order valence-electron chi connectivity index (χ1n) is 15.2. The van der Waals surface area contributed by atoms with Crippen molar-refractivity contribution in [2.75, 3.05) is 32.9 Å². The average Bonchev–Trinajstić information content (AvgIpc) is 3.74. The number of thioether (sulfide) groups is 1. The summed E-state index contributed by atoms with van der Waals surface area (Å²) in [5, 5.41) is 10.8. The zero-order valence-electron chi connectivity index (χ0n) is 24.5. The maximum Gasteiger partial charge on any atom is 0.326 e. The van der Waals surface area contributed by atoms with Crippen LogP contribution in [0.15, 0.2) is 34.1 Å². The highest BCUT2D eigenvalue weighted by molar-refractivity contribution is 8.00. The van der Waals surface area contributed by atoms with Crippen LogP contribution in [0.25, 0.3) is 0 Å². The Morgan fingerprint density at radius 1 is 1.07 bits per heavy atom. The summed E-state index contributed by atoms with van der Waals surface area (Å²) < 4.78 is 11.1. The Morgan fingerprint density at radius 3 is 2.41 bits per heavy atom. The summed E-state index contributed by atoms with van der Waals surface area (Å²) in [5.41, 5.74) is 0.976. The van der Waals surface area contributed by atoms with Gasteiger partial charge in [-0.1, -0.05) is 37.3 Å². The lowest BCUT2D eigenvalue weighted by Gasteiger charge is -2.43. The van der Waals surface area contributed by atoms with Gasteiger partial charge >= 0.3 is 10.8 Å². The molecule has 234 valence electrons. The molecule has 44 heavy (non-hydrogen) atoms. The quantitative estimate of drug-likeness (QED) is 0.416. The highest BCUT2D eigenvalue weighted by Crippen LogP contribution is 2.68. The normalized spacial score (nSPS) is 31.2. The van der Waals surface area contributed by atoms with Crippen LogP contribution in [0.2, 0.25) is 0 Å². The van der Waals surface area contributed by atoms with Gasteiger partial charge < -0.3 is 24.5 Å².